The van der Waals surface area contributed by atoms with Crippen LogP contribution in [-0.2, 0) is 21.2 Å². The number of fused-ring (bicyclic) bond motifs is 1. The van der Waals surface area contributed by atoms with Crippen molar-refractivity contribution in [3.8, 4) is 0 Å². The number of carbonyl (C=O) groups is 2. The van der Waals surface area contributed by atoms with E-state index in [9.17, 15) is 18.0 Å². The summed E-state index contributed by atoms with van der Waals surface area (Å²) in [4.78, 5) is 26.4. The number of carbonyl (C=O) groups excluding carboxylic acids is 1. The van der Waals surface area contributed by atoms with E-state index in [-0.39, 0.29) is 23.3 Å². The number of piperidine rings is 1. The molecule has 0 aliphatic carbocycles. The molecule has 0 spiro atoms. The van der Waals surface area contributed by atoms with Crippen molar-refractivity contribution in [2.45, 2.75) is 30.2 Å². The molecule has 0 unspecified atom stereocenters. The van der Waals surface area contributed by atoms with Crippen molar-refractivity contribution in [3.63, 3.8) is 0 Å². The molecular formula is C18H24N4O5S. The lowest BCUT2D eigenvalue weighted by atomic mass is 10.0. The molecule has 9 nitrogen and oxygen atoms in total. The fraction of sp³-hybridized carbons (Fsp3) is 0.556. The third-order valence-electron chi connectivity index (χ3n) is 5.87. The first-order valence-electron chi connectivity index (χ1n) is 9.49. The first-order valence-corrected chi connectivity index (χ1v) is 10.9. The molecule has 0 atom stereocenters. The van der Waals surface area contributed by atoms with Crippen LogP contribution in [0.1, 0.15) is 18.4 Å². The standard InChI is InChI=1S/C18H24N4O5S/c23-17-11-13-1-2-15(12-16(13)19-17)28(26,27)22-5-3-14(4-6-22)20-7-9-21(10-8-20)18(24)25/h1-2,12,14H,3-11H2,(H,19,23)(H,24,25). The molecule has 3 heterocycles. The lowest BCUT2D eigenvalue weighted by Gasteiger charge is -2.41. The van der Waals surface area contributed by atoms with Gasteiger partial charge >= 0.3 is 6.09 Å². The van der Waals surface area contributed by atoms with Crippen LogP contribution in [-0.4, -0.2) is 84.9 Å². The molecule has 0 aromatic heterocycles. The molecular weight excluding hydrogens is 384 g/mol. The molecule has 0 bridgehead atoms. The van der Waals surface area contributed by atoms with E-state index in [0.717, 1.165) is 18.4 Å². The van der Waals surface area contributed by atoms with Crippen molar-refractivity contribution in [2.75, 3.05) is 44.6 Å². The molecule has 4 rings (SSSR count). The van der Waals surface area contributed by atoms with Gasteiger partial charge in [-0.15, -0.1) is 0 Å². The molecule has 28 heavy (non-hydrogen) atoms. The first-order chi connectivity index (χ1) is 13.3. The summed E-state index contributed by atoms with van der Waals surface area (Å²) in [5, 5.41) is 11.8. The van der Waals surface area contributed by atoms with Gasteiger partial charge in [-0.05, 0) is 30.5 Å². The molecule has 2 N–H and O–H groups in total. The van der Waals surface area contributed by atoms with E-state index in [0.29, 0.717) is 45.0 Å². The zero-order valence-electron chi connectivity index (χ0n) is 15.5. The number of hydrogen-bond donors (Lipinski definition) is 2. The highest BCUT2D eigenvalue weighted by Gasteiger charge is 2.34. The zero-order chi connectivity index (χ0) is 19.9. The quantitative estimate of drug-likeness (QED) is 0.759. The van der Waals surface area contributed by atoms with Crippen molar-refractivity contribution >= 4 is 27.7 Å². The number of rotatable bonds is 3. The smallest absolute Gasteiger partial charge is 0.407 e. The van der Waals surface area contributed by atoms with E-state index >= 15 is 0 Å². The topological polar surface area (TPSA) is 110 Å². The molecule has 2 amide bonds. The average Bonchev–Trinajstić information content (AvgIpc) is 3.07. The second-order valence-electron chi connectivity index (χ2n) is 7.48. The number of piperazine rings is 1. The van der Waals surface area contributed by atoms with Gasteiger partial charge in [0.1, 0.15) is 0 Å². The Morgan fingerprint density at radius 2 is 1.75 bits per heavy atom. The molecule has 0 saturated carbocycles. The lowest BCUT2D eigenvalue weighted by Crippen LogP contribution is -2.54. The zero-order valence-corrected chi connectivity index (χ0v) is 16.3. The summed E-state index contributed by atoms with van der Waals surface area (Å²) in [6, 6.07) is 5.11. The van der Waals surface area contributed by atoms with Crippen LogP contribution >= 0.6 is 0 Å². The third kappa shape index (κ3) is 3.59. The molecule has 2 fully saturated rings. The maximum Gasteiger partial charge on any atom is 0.407 e. The maximum atomic E-state index is 13.0. The van der Waals surface area contributed by atoms with Gasteiger partial charge in [0.15, 0.2) is 0 Å². The van der Waals surface area contributed by atoms with Gasteiger partial charge < -0.3 is 15.3 Å². The highest BCUT2D eigenvalue weighted by atomic mass is 32.2. The minimum absolute atomic E-state index is 0.117. The van der Waals surface area contributed by atoms with Crippen molar-refractivity contribution in [3.05, 3.63) is 23.8 Å². The largest absolute Gasteiger partial charge is 0.465 e. The highest BCUT2D eigenvalue weighted by molar-refractivity contribution is 7.89. The summed E-state index contributed by atoms with van der Waals surface area (Å²) < 4.78 is 27.5. The van der Waals surface area contributed by atoms with Gasteiger partial charge in [-0.1, -0.05) is 6.07 Å². The SMILES string of the molecule is O=C1Cc2ccc(S(=O)(=O)N3CCC(N4CCN(C(=O)O)CC4)CC3)cc2N1. The van der Waals surface area contributed by atoms with Gasteiger partial charge in [-0.25, -0.2) is 13.2 Å². The van der Waals surface area contributed by atoms with E-state index < -0.39 is 16.1 Å². The minimum Gasteiger partial charge on any atom is -0.465 e. The molecule has 1 aromatic carbocycles. The predicted molar refractivity (Wildman–Crippen MR) is 102 cm³/mol. The number of nitrogens with one attached hydrogen (secondary N) is 1. The molecule has 2 saturated heterocycles. The normalized spacial score (nSPS) is 22.1. The van der Waals surface area contributed by atoms with E-state index in [4.69, 9.17) is 5.11 Å². The Labute approximate surface area is 164 Å². The predicted octanol–water partition coefficient (Wildman–Crippen LogP) is 0.630. The van der Waals surface area contributed by atoms with Gasteiger partial charge in [0, 0.05) is 51.0 Å². The van der Waals surface area contributed by atoms with Gasteiger partial charge in [0.05, 0.1) is 11.3 Å². The number of benzene rings is 1. The highest BCUT2D eigenvalue weighted by Crippen LogP contribution is 2.29. The summed E-state index contributed by atoms with van der Waals surface area (Å²) in [6.45, 7) is 3.25. The average molecular weight is 408 g/mol. The van der Waals surface area contributed by atoms with Crippen molar-refractivity contribution in [1.29, 1.82) is 0 Å². The molecule has 3 aliphatic heterocycles. The summed E-state index contributed by atoms with van der Waals surface area (Å²) in [7, 11) is -3.60. The molecule has 1 aromatic rings. The van der Waals surface area contributed by atoms with Crippen LogP contribution in [0.25, 0.3) is 0 Å². The Kier molecular flexibility index (Phi) is 5.02. The molecule has 0 radical (unpaired) electrons. The van der Waals surface area contributed by atoms with Crippen LogP contribution in [0, 0.1) is 0 Å². The number of amides is 2. The third-order valence-corrected chi connectivity index (χ3v) is 7.76. The van der Waals surface area contributed by atoms with Crippen LogP contribution in [0.2, 0.25) is 0 Å². The number of nitrogens with zero attached hydrogens (tertiary/aromatic N) is 3. The van der Waals surface area contributed by atoms with Gasteiger partial charge in [-0.2, -0.15) is 4.31 Å². The van der Waals surface area contributed by atoms with Crippen LogP contribution in [0.15, 0.2) is 23.1 Å². The maximum absolute atomic E-state index is 13.0. The molecule has 152 valence electrons. The van der Waals surface area contributed by atoms with Crippen molar-refractivity contribution < 1.29 is 23.1 Å². The summed E-state index contributed by atoms with van der Waals surface area (Å²) in [5.74, 6) is -0.117. The Bertz CT molecular complexity index is 887. The van der Waals surface area contributed by atoms with Crippen molar-refractivity contribution in [2.24, 2.45) is 0 Å². The van der Waals surface area contributed by atoms with E-state index in [1.807, 2.05) is 0 Å². The van der Waals surface area contributed by atoms with Gasteiger partial charge in [-0.3, -0.25) is 9.69 Å². The van der Waals surface area contributed by atoms with E-state index in [2.05, 4.69) is 10.2 Å². The van der Waals surface area contributed by atoms with Crippen LogP contribution in [0.4, 0.5) is 10.5 Å². The van der Waals surface area contributed by atoms with Gasteiger partial charge in [0.2, 0.25) is 15.9 Å². The number of anilines is 1. The van der Waals surface area contributed by atoms with Crippen LogP contribution < -0.4 is 5.32 Å². The van der Waals surface area contributed by atoms with Crippen LogP contribution in [0.3, 0.4) is 0 Å². The number of sulfonamides is 1. The van der Waals surface area contributed by atoms with Crippen LogP contribution in [0.5, 0.6) is 0 Å². The number of hydrogen-bond acceptors (Lipinski definition) is 5. The Hall–Kier alpha value is -2.17. The second kappa shape index (κ2) is 7.34. The lowest BCUT2D eigenvalue weighted by molar-refractivity contribution is -0.115. The molecule has 10 heteroatoms. The fourth-order valence-electron chi connectivity index (χ4n) is 4.23. The Morgan fingerprint density at radius 1 is 1.07 bits per heavy atom. The number of carboxylic acid groups (broad SMARTS) is 1. The van der Waals surface area contributed by atoms with E-state index in [1.165, 1.54) is 9.21 Å². The monoisotopic (exact) mass is 408 g/mol. The molecule has 3 aliphatic rings. The summed E-state index contributed by atoms with van der Waals surface area (Å²) in [5.41, 5.74) is 1.40. The Balaban J connectivity index is 1.38. The first kappa shape index (κ1) is 19.2. The summed E-state index contributed by atoms with van der Waals surface area (Å²) >= 11 is 0. The van der Waals surface area contributed by atoms with Crippen molar-refractivity contribution in [1.82, 2.24) is 14.1 Å². The Morgan fingerprint density at radius 3 is 2.39 bits per heavy atom. The van der Waals surface area contributed by atoms with E-state index in [1.54, 1.807) is 18.2 Å². The fourth-order valence-corrected chi connectivity index (χ4v) is 5.73. The second-order valence-corrected chi connectivity index (χ2v) is 9.42. The van der Waals surface area contributed by atoms with Gasteiger partial charge in [0.25, 0.3) is 0 Å². The summed E-state index contributed by atoms with van der Waals surface area (Å²) in [6.07, 6.45) is 0.865. The minimum atomic E-state index is -3.60.